The number of nitrogens with one attached hydrogen (secondary N) is 1. The quantitative estimate of drug-likeness (QED) is 0.800. The average Bonchev–Trinajstić information content (AvgIpc) is 2.41. The number of hydrogen-bond donors (Lipinski definition) is 1. The Morgan fingerprint density at radius 2 is 1.62 bits per heavy atom. The third kappa shape index (κ3) is 5.04. The lowest BCUT2D eigenvalue weighted by atomic mass is 9.92. The molecule has 0 aromatic heterocycles. The van der Waals surface area contributed by atoms with Crippen LogP contribution in [0.4, 0.5) is 0 Å². The van der Waals surface area contributed by atoms with Gasteiger partial charge in [-0.25, -0.2) is 13.1 Å². The first-order chi connectivity index (χ1) is 11.2. The van der Waals surface area contributed by atoms with Crippen molar-refractivity contribution in [1.82, 2.24) is 9.62 Å². The molecule has 1 aliphatic rings. The van der Waals surface area contributed by atoms with Gasteiger partial charge in [0, 0.05) is 19.6 Å². The van der Waals surface area contributed by atoms with Crippen LogP contribution in [0.1, 0.15) is 43.4 Å². The normalized spacial score (nSPS) is 22.7. The van der Waals surface area contributed by atoms with Crippen molar-refractivity contribution in [2.24, 2.45) is 11.8 Å². The minimum Gasteiger partial charge on any atom is -0.303 e. The standard InChI is InChI=1S/C19H32N2O2S/c1-14-10-17(4)19(18(5)11-14)24(22,23)20-7-6-8-21-12-15(2)9-16(3)13-21/h10-11,15-16,20H,6-9,12-13H2,1-5H3. The van der Waals surface area contributed by atoms with Gasteiger partial charge in [0.15, 0.2) is 0 Å². The van der Waals surface area contributed by atoms with Crippen LogP contribution in [-0.2, 0) is 10.0 Å². The molecule has 1 aromatic rings. The molecule has 2 unspecified atom stereocenters. The van der Waals surface area contributed by atoms with Crippen LogP contribution in [-0.4, -0.2) is 39.5 Å². The largest absolute Gasteiger partial charge is 0.303 e. The highest BCUT2D eigenvalue weighted by molar-refractivity contribution is 7.89. The van der Waals surface area contributed by atoms with Crippen molar-refractivity contribution in [3.8, 4) is 0 Å². The molecule has 5 heteroatoms. The summed E-state index contributed by atoms with van der Waals surface area (Å²) in [4.78, 5) is 2.91. The van der Waals surface area contributed by atoms with Crippen molar-refractivity contribution in [2.75, 3.05) is 26.2 Å². The summed E-state index contributed by atoms with van der Waals surface area (Å²) >= 11 is 0. The first-order valence-corrected chi connectivity index (χ1v) is 10.5. The SMILES string of the molecule is Cc1cc(C)c(S(=O)(=O)NCCCN2CC(C)CC(C)C2)c(C)c1. The van der Waals surface area contributed by atoms with Gasteiger partial charge in [-0.05, 0) is 63.1 Å². The number of aryl methyl sites for hydroxylation is 3. The molecule has 1 fully saturated rings. The Hall–Kier alpha value is -0.910. The van der Waals surface area contributed by atoms with Gasteiger partial charge < -0.3 is 4.90 Å². The summed E-state index contributed by atoms with van der Waals surface area (Å²) in [6.07, 6.45) is 2.15. The van der Waals surface area contributed by atoms with E-state index >= 15 is 0 Å². The van der Waals surface area contributed by atoms with E-state index in [1.165, 1.54) is 6.42 Å². The maximum Gasteiger partial charge on any atom is 0.241 e. The maximum absolute atomic E-state index is 12.6. The van der Waals surface area contributed by atoms with Gasteiger partial charge >= 0.3 is 0 Å². The van der Waals surface area contributed by atoms with Crippen LogP contribution in [0.2, 0.25) is 0 Å². The van der Waals surface area contributed by atoms with E-state index in [1.807, 2.05) is 32.9 Å². The van der Waals surface area contributed by atoms with Crippen molar-refractivity contribution >= 4 is 10.0 Å². The number of hydrogen-bond acceptors (Lipinski definition) is 3. The van der Waals surface area contributed by atoms with E-state index in [-0.39, 0.29) is 0 Å². The predicted molar refractivity (Wildman–Crippen MR) is 99.8 cm³/mol. The fourth-order valence-electron chi connectivity index (χ4n) is 4.15. The summed E-state index contributed by atoms with van der Waals surface area (Å²) in [5, 5.41) is 0. The molecule has 2 rings (SSSR count). The summed E-state index contributed by atoms with van der Waals surface area (Å²) in [5.74, 6) is 1.48. The van der Waals surface area contributed by atoms with Gasteiger partial charge in [0.1, 0.15) is 0 Å². The van der Waals surface area contributed by atoms with Crippen molar-refractivity contribution in [2.45, 2.75) is 52.4 Å². The second kappa shape index (κ2) is 7.98. The van der Waals surface area contributed by atoms with E-state index in [2.05, 4.69) is 23.5 Å². The molecule has 1 N–H and O–H groups in total. The van der Waals surface area contributed by atoms with Crippen molar-refractivity contribution in [1.29, 1.82) is 0 Å². The van der Waals surface area contributed by atoms with Crippen LogP contribution in [0.3, 0.4) is 0 Å². The van der Waals surface area contributed by atoms with Crippen LogP contribution in [0, 0.1) is 32.6 Å². The zero-order chi connectivity index (χ0) is 17.9. The van der Waals surface area contributed by atoms with E-state index in [0.29, 0.717) is 11.4 Å². The van der Waals surface area contributed by atoms with Crippen molar-refractivity contribution in [3.05, 3.63) is 28.8 Å². The Balaban J connectivity index is 1.90. The van der Waals surface area contributed by atoms with Crippen molar-refractivity contribution in [3.63, 3.8) is 0 Å². The summed E-state index contributed by atoms with van der Waals surface area (Å²) in [7, 11) is -3.43. The number of nitrogens with zero attached hydrogens (tertiary/aromatic N) is 1. The second-order valence-electron chi connectivity index (χ2n) is 7.68. The second-order valence-corrected chi connectivity index (χ2v) is 9.39. The summed E-state index contributed by atoms with van der Waals surface area (Å²) in [6.45, 7) is 14.0. The number of benzene rings is 1. The fraction of sp³-hybridized carbons (Fsp3) is 0.684. The van der Waals surface area contributed by atoms with E-state index in [1.54, 1.807) is 0 Å². The monoisotopic (exact) mass is 352 g/mol. The van der Waals surface area contributed by atoms with Crippen LogP contribution in [0.25, 0.3) is 0 Å². The van der Waals surface area contributed by atoms with E-state index in [0.717, 1.165) is 54.6 Å². The maximum atomic E-state index is 12.6. The van der Waals surface area contributed by atoms with Crippen LogP contribution in [0.15, 0.2) is 17.0 Å². The molecule has 1 aromatic carbocycles. The molecule has 0 amide bonds. The molecule has 1 aliphatic heterocycles. The van der Waals surface area contributed by atoms with Gasteiger partial charge in [-0.2, -0.15) is 0 Å². The molecular formula is C19H32N2O2S. The van der Waals surface area contributed by atoms with Gasteiger partial charge in [0.25, 0.3) is 0 Å². The minimum atomic E-state index is -3.43. The number of sulfonamides is 1. The first-order valence-electron chi connectivity index (χ1n) is 8.99. The van der Waals surface area contributed by atoms with E-state index in [4.69, 9.17) is 0 Å². The lowest BCUT2D eigenvalue weighted by Gasteiger charge is -2.34. The molecule has 136 valence electrons. The predicted octanol–water partition coefficient (Wildman–Crippen LogP) is 3.26. The van der Waals surface area contributed by atoms with Crippen LogP contribution >= 0.6 is 0 Å². The Labute approximate surface area is 147 Å². The Morgan fingerprint density at radius 3 is 2.17 bits per heavy atom. The van der Waals surface area contributed by atoms with Gasteiger partial charge in [-0.15, -0.1) is 0 Å². The number of piperidine rings is 1. The average molecular weight is 353 g/mol. The molecule has 1 heterocycles. The zero-order valence-electron chi connectivity index (χ0n) is 15.7. The third-order valence-corrected chi connectivity index (χ3v) is 6.53. The Kier molecular flexibility index (Phi) is 6.46. The third-order valence-electron chi connectivity index (χ3n) is 4.76. The topological polar surface area (TPSA) is 49.4 Å². The summed E-state index contributed by atoms with van der Waals surface area (Å²) < 4.78 is 28.0. The lowest BCUT2D eigenvalue weighted by Crippen LogP contribution is -2.40. The molecule has 0 saturated carbocycles. The first kappa shape index (κ1) is 19.4. The van der Waals surface area contributed by atoms with Crippen LogP contribution in [0.5, 0.6) is 0 Å². The Morgan fingerprint density at radius 1 is 1.08 bits per heavy atom. The number of rotatable bonds is 6. The summed E-state index contributed by atoms with van der Waals surface area (Å²) in [5.41, 5.74) is 2.73. The van der Waals surface area contributed by atoms with Gasteiger partial charge in [-0.1, -0.05) is 31.5 Å². The highest BCUT2D eigenvalue weighted by Gasteiger charge is 2.22. The highest BCUT2D eigenvalue weighted by atomic mass is 32.2. The molecule has 0 bridgehead atoms. The molecular weight excluding hydrogens is 320 g/mol. The lowest BCUT2D eigenvalue weighted by molar-refractivity contribution is 0.140. The van der Waals surface area contributed by atoms with Crippen molar-refractivity contribution < 1.29 is 8.42 Å². The highest BCUT2D eigenvalue weighted by Crippen LogP contribution is 2.22. The molecule has 0 radical (unpaired) electrons. The molecule has 2 atom stereocenters. The Bertz CT molecular complexity index is 637. The van der Waals surface area contributed by atoms with E-state index in [9.17, 15) is 8.42 Å². The molecule has 1 saturated heterocycles. The number of likely N-dealkylation sites (tertiary alicyclic amines) is 1. The molecule has 0 aliphatic carbocycles. The van der Waals surface area contributed by atoms with Gasteiger partial charge in [-0.3, -0.25) is 0 Å². The summed E-state index contributed by atoms with van der Waals surface area (Å²) in [6, 6.07) is 3.86. The zero-order valence-corrected chi connectivity index (χ0v) is 16.5. The van der Waals surface area contributed by atoms with Gasteiger partial charge in [0.05, 0.1) is 4.90 Å². The molecule has 4 nitrogen and oxygen atoms in total. The van der Waals surface area contributed by atoms with E-state index < -0.39 is 10.0 Å². The van der Waals surface area contributed by atoms with Gasteiger partial charge in [0.2, 0.25) is 10.0 Å². The molecule has 24 heavy (non-hydrogen) atoms. The van der Waals surface area contributed by atoms with Crippen LogP contribution < -0.4 is 4.72 Å². The smallest absolute Gasteiger partial charge is 0.241 e. The molecule has 0 spiro atoms. The minimum absolute atomic E-state index is 0.438. The fourth-order valence-corrected chi connectivity index (χ4v) is 5.67.